The second-order valence-electron chi connectivity index (χ2n) is 10.7. The normalized spacial score (nSPS) is 16.3. The number of benzene rings is 2. The summed E-state index contributed by atoms with van der Waals surface area (Å²) in [4.78, 5) is 28.6. The maximum absolute atomic E-state index is 13.2. The van der Waals surface area contributed by atoms with Crippen molar-refractivity contribution in [3.63, 3.8) is 0 Å². The molecule has 44 heavy (non-hydrogen) atoms. The molecular weight excluding hydrogens is 593 g/mol. The molecule has 0 spiro atoms. The van der Waals surface area contributed by atoms with Crippen LogP contribution in [0.25, 0.3) is 0 Å². The zero-order valence-corrected chi connectivity index (χ0v) is 25.5. The fourth-order valence-electron chi connectivity index (χ4n) is 5.19. The number of rotatable bonds is 11. The number of amides is 1. The molecule has 2 fully saturated rings. The Morgan fingerprint density at radius 1 is 0.977 bits per heavy atom. The van der Waals surface area contributed by atoms with E-state index >= 15 is 0 Å². The largest absolute Gasteiger partial charge is 0.416 e. The predicted molar refractivity (Wildman–Crippen MR) is 164 cm³/mol. The third kappa shape index (κ3) is 8.84. The molecule has 0 bridgehead atoms. The summed E-state index contributed by atoms with van der Waals surface area (Å²) in [5, 5.41) is 3.60. The highest BCUT2D eigenvalue weighted by atomic mass is 32.2. The molecule has 0 radical (unpaired) electrons. The number of aromatic nitrogens is 2. The van der Waals surface area contributed by atoms with Crippen LogP contribution in [0.5, 0.6) is 0 Å². The summed E-state index contributed by atoms with van der Waals surface area (Å²) in [6.45, 7) is 7.26. The van der Waals surface area contributed by atoms with Crippen LogP contribution in [-0.4, -0.2) is 93.5 Å². The van der Waals surface area contributed by atoms with E-state index in [0.717, 1.165) is 56.0 Å². The predicted octanol–water partition coefficient (Wildman–Crippen LogP) is 4.32. The Kier molecular flexibility index (Phi) is 11.0. The first kappa shape index (κ1) is 32.0. The molecule has 9 nitrogen and oxygen atoms in total. The van der Waals surface area contributed by atoms with Gasteiger partial charge in [0, 0.05) is 82.5 Å². The van der Waals surface area contributed by atoms with Crippen molar-refractivity contribution in [2.75, 3.05) is 82.5 Å². The fraction of sp³-hybridized carbons (Fsp3) is 0.452. The van der Waals surface area contributed by atoms with E-state index in [4.69, 9.17) is 14.5 Å². The Hall–Kier alpha value is -3.39. The highest BCUT2D eigenvalue weighted by Crippen LogP contribution is 2.32. The quantitative estimate of drug-likeness (QED) is 0.246. The topological polar surface area (TPSA) is 83.1 Å². The van der Waals surface area contributed by atoms with Gasteiger partial charge in [0.15, 0.2) is 5.16 Å². The lowest BCUT2D eigenvalue weighted by atomic mass is 10.1. The standard InChI is InChI=1S/C31H37F3N6O3S/c1-42-21-26-20-28(40-12-10-39(11-13-40)27-7-3-6-25(19-27)31(32,33)34)37-30(36-26)44-22-23-4-2-5-24(18-23)29(41)35-8-9-38-14-16-43-17-15-38/h2-7,18-20H,8-17,21-22H2,1H3,(H,35,41). The van der Waals surface area contributed by atoms with E-state index in [1.54, 1.807) is 13.2 Å². The molecule has 2 aliphatic rings. The van der Waals surface area contributed by atoms with E-state index in [1.165, 1.54) is 23.9 Å². The number of nitrogens with one attached hydrogen (secondary N) is 1. The molecule has 0 saturated carbocycles. The number of halogens is 3. The first-order chi connectivity index (χ1) is 21.3. The van der Waals surface area contributed by atoms with Gasteiger partial charge in [-0.15, -0.1) is 0 Å². The number of morpholine rings is 1. The third-order valence-corrected chi connectivity index (χ3v) is 8.47. The van der Waals surface area contributed by atoms with Crippen LogP contribution in [0.15, 0.2) is 59.8 Å². The van der Waals surface area contributed by atoms with Gasteiger partial charge < -0.3 is 24.6 Å². The van der Waals surface area contributed by atoms with Crippen LogP contribution in [0, 0.1) is 0 Å². The molecule has 5 rings (SSSR count). The number of ether oxygens (including phenoxy) is 2. The average Bonchev–Trinajstić information content (AvgIpc) is 3.04. The summed E-state index contributed by atoms with van der Waals surface area (Å²) in [5.74, 6) is 1.23. The van der Waals surface area contributed by atoms with E-state index in [2.05, 4.69) is 20.1 Å². The minimum absolute atomic E-state index is 0.102. The number of methoxy groups -OCH3 is 1. The van der Waals surface area contributed by atoms with Crippen molar-refractivity contribution in [1.29, 1.82) is 0 Å². The molecule has 3 aromatic rings. The average molecular weight is 631 g/mol. The molecule has 1 amide bonds. The maximum Gasteiger partial charge on any atom is 0.416 e. The van der Waals surface area contributed by atoms with Crippen molar-refractivity contribution in [3.8, 4) is 0 Å². The minimum atomic E-state index is -4.37. The van der Waals surface area contributed by atoms with Gasteiger partial charge in [-0.2, -0.15) is 13.2 Å². The summed E-state index contributed by atoms with van der Waals surface area (Å²) in [5.41, 5.74) is 2.25. The zero-order valence-electron chi connectivity index (χ0n) is 24.7. The first-order valence-electron chi connectivity index (χ1n) is 14.6. The molecule has 2 saturated heterocycles. The number of hydrogen-bond acceptors (Lipinski definition) is 9. The first-order valence-corrected chi connectivity index (χ1v) is 15.6. The SMILES string of the molecule is COCc1cc(N2CCN(c3cccc(C(F)(F)F)c3)CC2)nc(SCc2cccc(C(=O)NCCN3CCOCC3)c2)n1. The number of nitrogens with zero attached hydrogens (tertiary/aromatic N) is 5. The van der Waals surface area contributed by atoms with Crippen LogP contribution in [0.4, 0.5) is 24.7 Å². The second kappa shape index (κ2) is 15.1. The highest BCUT2D eigenvalue weighted by Gasteiger charge is 2.31. The van der Waals surface area contributed by atoms with Crippen LogP contribution < -0.4 is 15.1 Å². The summed E-state index contributed by atoms with van der Waals surface area (Å²) in [7, 11) is 1.61. The van der Waals surface area contributed by atoms with Gasteiger partial charge in [0.2, 0.25) is 0 Å². The van der Waals surface area contributed by atoms with Gasteiger partial charge in [-0.05, 0) is 35.9 Å². The molecule has 13 heteroatoms. The smallest absolute Gasteiger partial charge is 0.379 e. The highest BCUT2D eigenvalue weighted by molar-refractivity contribution is 7.98. The molecule has 2 aliphatic heterocycles. The van der Waals surface area contributed by atoms with Crippen LogP contribution in [0.3, 0.4) is 0 Å². The van der Waals surface area contributed by atoms with Crippen LogP contribution in [-0.2, 0) is 28.0 Å². The van der Waals surface area contributed by atoms with Crippen molar-refractivity contribution in [1.82, 2.24) is 20.2 Å². The monoisotopic (exact) mass is 630 g/mol. The minimum Gasteiger partial charge on any atom is -0.379 e. The number of carbonyl (C=O) groups is 1. The summed E-state index contributed by atoms with van der Waals surface area (Å²) in [6, 6.07) is 14.9. The number of anilines is 2. The van der Waals surface area contributed by atoms with Crippen molar-refractivity contribution in [2.24, 2.45) is 0 Å². The Labute approximate surface area is 259 Å². The third-order valence-electron chi connectivity index (χ3n) is 7.55. The molecule has 3 heterocycles. The lowest BCUT2D eigenvalue weighted by Crippen LogP contribution is -2.47. The summed E-state index contributed by atoms with van der Waals surface area (Å²) < 4.78 is 50.3. The van der Waals surface area contributed by atoms with E-state index in [-0.39, 0.29) is 5.91 Å². The number of thioether (sulfide) groups is 1. The molecule has 236 valence electrons. The van der Waals surface area contributed by atoms with Gasteiger partial charge in [0.25, 0.3) is 5.91 Å². The lowest BCUT2D eigenvalue weighted by Gasteiger charge is -2.37. The van der Waals surface area contributed by atoms with Gasteiger partial charge in [-0.3, -0.25) is 9.69 Å². The Balaban J connectivity index is 1.18. The van der Waals surface area contributed by atoms with Crippen molar-refractivity contribution in [2.45, 2.75) is 23.7 Å². The van der Waals surface area contributed by atoms with Gasteiger partial charge in [0.05, 0.1) is 31.1 Å². The van der Waals surface area contributed by atoms with E-state index in [9.17, 15) is 18.0 Å². The van der Waals surface area contributed by atoms with Gasteiger partial charge >= 0.3 is 6.18 Å². The zero-order chi connectivity index (χ0) is 30.9. The maximum atomic E-state index is 13.2. The van der Waals surface area contributed by atoms with Crippen molar-refractivity contribution >= 4 is 29.2 Å². The van der Waals surface area contributed by atoms with E-state index in [0.29, 0.717) is 61.5 Å². The number of hydrogen-bond donors (Lipinski definition) is 1. The Morgan fingerprint density at radius 3 is 2.48 bits per heavy atom. The van der Waals surface area contributed by atoms with E-state index in [1.807, 2.05) is 35.2 Å². The van der Waals surface area contributed by atoms with Crippen LogP contribution in [0.2, 0.25) is 0 Å². The van der Waals surface area contributed by atoms with Gasteiger partial charge in [0.1, 0.15) is 5.82 Å². The van der Waals surface area contributed by atoms with Crippen LogP contribution >= 0.6 is 11.8 Å². The molecule has 1 N–H and O–H groups in total. The van der Waals surface area contributed by atoms with E-state index < -0.39 is 11.7 Å². The lowest BCUT2D eigenvalue weighted by molar-refractivity contribution is -0.137. The molecule has 1 aromatic heterocycles. The summed E-state index contributed by atoms with van der Waals surface area (Å²) >= 11 is 1.48. The van der Waals surface area contributed by atoms with Crippen LogP contribution in [0.1, 0.15) is 27.2 Å². The number of piperazine rings is 1. The molecule has 0 unspecified atom stereocenters. The molecule has 0 atom stereocenters. The van der Waals surface area contributed by atoms with Gasteiger partial charge in [-0.1, -0.05) is 30.0 Å². The molecule has 0 aliphatic carbocycles. The molecular formula is C31H37F3N6O3S. The number of alkyl halides is 3. The Bertz CT molecular complexity index is 1400. The van der Waals surface area contributed by atoms with Gasteiger partial charge in [-0.25, -0.2) is 9.97 Å². The fourth-order valence-corrected chi connectivity index (χ4v) is 6.00. The number of carbonyl (C=O) groups excluding carboxylic acids is 1. The Morgan fingerprint density at radius 2 is 1.73 bits per heavy atom. The summed E-state index contributed by atoms with van der Waals surface area (Å²) in [6.07, 6.45) is -4.37. The van der Waals surface area contributed by atoms with Crippen molar-refractivity contribution in [3.05, 3.63) is 77.0 Å². The molecule has 2 aromatic carbocycles. The second-order valence-corrected chi connectivity index (χ2v) is 11.6. The van der Waals surface area contributed by atoms with Crippen molar-refractivity contribution < 1.29 is 27.4 Å².